The van der Waals surface area contributed by atoms with E-state index in [0.29, 0.717) is 6.42 Å². The van der Waals surface area contributed by atoms with E-state index in [9.17, 15) is 9.90 Å². The van der Waals surface area contributed by atoms with Crippen LogP contribution < -0.4 is 16.4 Å². The van der Waals surface area contributed by atoms with E-state index >= 15 is 0 Å². The molecule has 1 atom stereocenters. The Bertz CT molecular complexity index is 308. The second kappa shape index (κ2) is 4.62. The lowest BCUT2D eigenvalue weighted by atomic mass is 9.97. The van der Waals surface area contributed by atoms with Crippen molar-refractivity contribution in [1.82, 2.24) is 0 Å². The first-order chi connectivity index (χ1) is 6.69. The molecule has 0 amide bonds. The Kier molecular flexibility index (Phi) is 3.48. The Balaban J connectivity index is 2.89. The molecule has 0 aliphatic rings. The highest BCUT2D eigenvalue weighted by molar-refractivity contribution is 5.74. The standard InChI is InChI=1S/C10H14N2O2/c1-2-9(10(13)14)7-3-5-8(12-11)6-4-7/h3-6,9,12H,2,11H2,1H3,(H,13,14)/p-1. The maximum absolute atomic E-state index is 10.7. The van der Waals surface area contributed by atoms with Gasteiger partial charge in [-0.25, -0.2) is 0 Å². The summed E-state index contributed by atoms with van der Waals surface area (Å²) < 4.78 is 0. The van der Waals surface area contributed by atoms with Crippen molar-refractivity contribution in [3.63, 3.8) is 0 Å². The van der Waals surface area contributed by atoms with Crippen LogP contribution in [0.4, 0.5) is 5.69 Å². The van der Waals surface area contributed by atoms with E-state index in [0.717, 1.165) is 11.3 Å². The average molecular weight is 193 g/mol. The molecule has 76 valence electrons. The highest BCUT2D eigenvalue weighted by Crippen LogP contribution is 2.20. The summed E-state index contributed by atoms with van der Waals surface area (Å²) in [6.45, 7) is 1.82. The number of carbonyl (C=O) groups excluding carboxylic acids is 1. The lowest BCUT2D eigenvalue weighted by molar-refractivity contribution is -0.308. The number of nitrogens with two attached hydrogens (primary N) is 1. The highest BCUT2D eigenvalue weighted by Gasteiger charge is 2.09. The van der Waals surface area contributed by atoms with Crippen molar-refractivity contribution in [2.45, 2.75) is 19.3 Å². The van der Waals surface area contributed by atoms with Crippen LogP contribution in [-0.2, 0) is 4.79 Å². The third kappa shape index (κ3) is 2.23. The molecule has 4 heteroatoms. The third-order valence-corrected chi connectivity index (χ3v) is 2.17. The van der Waals surface area contributed by atoms with Gasteiger partial charge in [0.15, 0.2) is 0 Å². The molecule has 0 aromatic heterocycles. The number of nitrogen functional groups attached to an aromatic ring is 1. The van der Waals surface area contributed by atoms with Gasteiger partial charge in [-0.05, 0) is 24.1 Å². The molecule has 14 heavy (non-hydrogen) atoms. The van der Waals surface area contributed by atoms with Crippen molar-refractivity contribution in [2.24, 2.45) is 5.84 Å². The predicted molar refractivity (Wildman–Crippen MR) is 52.3 cm³/mol. The second-order valence-corrected chi connectivity index (χ2v) is 3.05. The van der Waals surface area contributed by atoms with Gasteiger partial charge in [-0.15, -0.1) is 0 Å². The van der Waals surface area contributed by atoms with Gasteiger partial charge in [-0.1, -0.05) is 19.1 Å². The van der Waals surface area contributed by atoms with Crippen LogP contribution in [-0.4, -0.2) is 5.97 Å². The molecular weight excluding hydrogens is 180 g/mol. The SMILES string of the molecule is CCC(C(=O)[O-])c1ccc(NN)cc1. The average Bonchev–Trinajstić information content (AvgIpc) is 2.19. The van der Waals surface area contributed by atoms with Gasteiger partial charge in [0, 0.05) is 17.6 Å². The summed E-state index contributed by atoms with van der Waals surface area (Å²) in [5.74, 6) is 3.61. The first-order valence-electron chi connectivity index (χ1n) is 4.46. The molecule has 0 spiro atoms. The molecule has 4 nitrogen and oxygen atoms in total. The molecule has 0 bridgehead atoms. The van der Waals surface area contributed by atoms with Crippen LogP contribution in [0, 0.1) is 0 Å². The summed E-state index contributed by atoms with van der Waals surface area (Å²) in [6, 6.07) is 6.94. The van der Waals surface area contributed by atoms with E-state index in [1.54, 1.807) is 24.3 Å². The van der Waals surface area contributed by atoms with Crippen LogP contribution in [0.5, 0.6) is 0 Å². The molecule has 0 aliphatic heterocycles. The monoisotopic (exact) mass is 193 g/mol. The Morgan fingerprint density at radius 2 is 2.07 bits per heavy atom. The van der Waals surface area contributed by atoms with Crippen LogP contribution in [0.25, 0.3) is 0 Å². The van der Waals surface area contributed by atoms with Crippen LogP contribution >= 0.6 is 0 Å². The van der Waals surface area contributed by atoms with Gasteiger partial charge in [-0.2, -0.15) is 0 Å². The Labute approximate surface area is 82.7 Å². The number of hydrogen-bond donors (Lipinski definition) is 2. The number of benzene rings is 1. The molecule has 1 aromatic carbocycles. The van der Waals surface area contributed by atoms with Crippen molar-refractivity contribution < 1.29 is 9.90 Å². The topological polar surface area (TPSA) is 78.2 Å². The fourth-order valence-electron chi connectivity index (χ4n) is 1.35. The van der Waals surface area contributed by atoms with Crippen molar-refractivity contribution in [3.8, 4) is 0 Å². The zero-order valence-corrected chi connectivity index (χ0v) is 7.99. The molecule has 3 N–H and O–H groups in total. The van der Waals surface area contributed by atoms with E-state index in [2.05, 4.69) is 5.43 Å². The third-order valence-electron chi connectivity index (χ3n) is 2.17. The van der Waals surface area contributed by atoms with Crippen molar-refractivity contribution in [3.05, 3.63) is 29.8 Å². The van der Waals surface area contributed by atoms with Gasteiger partial charge in [0.05, 0.1) is 0 Å². The summed E-state index contributed by atoms with van der Waals surface area (Å²) in [5, 5.41) is 10.7. The summed E-state index contributed by atoms with van der Waals surface area (Å²) in [6.07, 6.45) is 0.526. The van der Waals surface area contributed by atoms with Crippen LogP contribution in [0.15, 0.2) is 24.3 Å². The molecule has 1 rings (SSSR count). The zero-order chi connectivity index (χ0) is 10.6. The summed E-state index contributed by atoms with van der Waals surface area (Å²) in [5.41, 5.74) is 3.97. The summed E-state index contributed by atoms with van der Waals surface area (Å²) >= 11 is 0. The van der Waals surface area contributed by atoms with Gasteiger partial charge in [0.25, 0.3) is 0 Å². The highest BCUT2D eigenvalue weighted by atomic mass is 16.4. The van der Waals surface area contributed by atoms with Gasteiger partial charge >= 0.3 is 0 Å². The number of carboxylic acids is 1. The van der Waals surface area contributed by atoms with E-state index in [-0.39, 0.29) is 0 Å². The number of anilines is 1. The molecule has 0 saturated heterocycles. The first-order valence-corrected chi connectivity index (χ1v) is 4.46. The lowest BCUT2D eigenvalue weighted by Gasteiger charge is -2.16. The normalized spacial score (nSPS) is 12.1. The van der Waals surface area contributed by atoms with Gasteiger partial charge < -0.3 is 15.3 Å². The smallest absolute Gasteiger partial charge is 0.0489 e. The minimum absolute atomic E-state index is 0.526. The van der Waals surface area contributed by atoms with E-state index in [1.165, 1.54) is 0 Å². The minimum atomic E-state index is -1.04. The molecule has 0 heterocycles. The van der Waals surface area contributed by atoms with Crippen molar-refractivity contribution in [2.75, 3.05) is 5.43 Å². The Morgan fingerprint density at radius 3 is 2.43 bits per heavy atom. The Morgan fingerprint density at radius 1 is 1.50 bits per heavy atom. The fourth-order valence-corrected chi connectivity index (χ4v) is 1.35. The number of nitrogens with one attached hydrogen (secondary N) is 1. The number of rotatable bonds is 4. The van der Waals surface area contributed by atoms with Crippen molar-refractivity contribution in [1.29, 1.82) is 0 Å². The van der Waals surface area contributed by atoms with E-state index < -0.39 is 11.9 Å². The first kappa shape index (κ1) is 10.5. The van der Waals surface area contributed by atoms with Gasteiger partial charge in [-0.3, -0.25) is 5.84 Å². The van der Waals surface area contributed by atoms with E-state index in [1.807, 2.05) is 6.92 Å². The quantitative estimate of drug-likeness (QED) is 0.529. The van der Waals surface area contributed by atoms with Gasteiger partial charge in [0.2, 0.25) is 0 Å². The molecule has 0 aliphatic carbocycles. The van der Waals surface area contributed by atoms with Crippen LogP contribution in [0.1, 0.15) is 24.8 Å². The molecule has 1 aromatic rings. The number of aliphatic carboxylic acids is 1. The molecule has 0 radical (unpaired) electrons. The number of hydrogen-bond acceptors (Lipinski definition) is 4. The Hall–Kier alpha value is -1.55. The fraction of sp³-hybridized carbons (Fsp3) is 0.300. The second-order valence-electron chi connectivity index (χ2n) is 3.05. The van der Waals surface area contributed by atoms with Crippen LogP contribution in [0.2, 0.25) is 0 Å². The molecule has 0 saturated carbocycles. The summed E-state index contributed by atoms with van der Waals surface area (Å²) in [4.78, 5) is 10.7. The number of hydrazine groups is 1. The largest absolute Gasteiger partial charge is 0.549 e. The predicted octanol–water partition coefficient (Wildman–Crippen LogP) is 0.216. The molecule has 1 unspecified atom stereocenters. The number of carboxylic acid groups (broad SMARTS) is 1. The molecule has 0 fully saturated rings. The van der Waals surface area contributed by atoms with Crippen molar-refractivity contribution >= 4 is 11.7 Å². The minimum Gasteiger partial charge on any atom is -0.549 e. The molecular formula is C10H13N2O2-. The maximum atomic E-state index is 10.7. The van der Waals surface area contributed by atoms with Crippen LogP contribution in [0.3, 0.4) is 0 Å². The van der Waals surface area contributed by atoms with E-state index in [4.69, 9.17) is 5.84 Å². The number of carbonyl (C=O) groups is 1. The zero-order valence-electron chi connectivity index (χ0n) is 7.99. The maximum Gasteiger partial charge on any atom is 0.0489 e. The summed E-state index contributed by atoms with van der Waals surface area (Å²) in [7, 11) is 0. The lowest BCUT2D eigenvalue weighted by Crippen LogP contribution is -2.29. The van der Waals surface area contributed by atoms with Gasteiger partial charge in [0.1, 0.15) is 0 Å².